The fourth-order valence-corrected chi connectivity index (χ4v) is 5.13. The molecule has 8 heteroatoms. The molecule has 2 fully saturated rings. The summed E-state index contributed by atoms with van der Waals surface area (Å²) in [5.74, 6) is 1.59. The molecule has 0 unspecified atom stereocenters. The summed E-state index contributed by atoms with van der Waals surface area (Å²) in [5.41, 5.74) is 3.30. The Morgan fingerprint density at radius 1 is 0.806 bits per heavy atom. The Hall–Kier alpha value is -3.36. The first kappa shape index (κ1) is 24.3. The van der Waals surface area contributed by atoms with E-state index in [4.69, 9.17) is 9.72 Å². The van der Waals surface area contributed by atoms with Crippen molar-refractivity contribution in [1.29, 1.82) is 0 Å². The molecule has 2 aliphatic heterocycles. The van der Waals surface area contributed by atoms with Gasteiger partial charge in [0.1, 0.15) is 5.75 Å². The largest absolute Gasteiger partial charge is 0.497 e. The lowest BCUT2D eigenvalue weighted by molar-refractivity contribution is 0.247. The standard InChI is InChI=1S/C28H36N6O2/c1-36-26-10-5-7-23(19-26)21-31-11-6-12-34(18-15-31)28-29-24(20-27(35)30-28)22-32-13-16-33(17-14-32)25-8-3-2-4-9-25/h2-5,7-10,19-20H,6,11-18,21-22H2,1H3,(H,29,30,35). The summed E-state index contributed by atoms with van der Waals surface area (Å²) in [5, 5.41) is 0. The van der Waals surface area contributed by atoms with E-state index >= 15 is 0 Å². The first-order valence-electron chi connectivity index (χ1n) is 12.9. The van der Waals surface area contributed by atoms with Crippen LogP contribution in [0, 0.1) is 0 Å². The molecule has 1 N–H and O–H groups in total. The molecule has 0 saturated carbocycles. The summed E-state index contributed by atoms with van der Waals surface area (Å²) in [4.78, 5) is 29.9. The zero-order valence-corrected chi connectivity index (χ0v) is 21.1. The van der Waals surface area contributed by atoms with E-state index in [0.29, 0.717) is 12.5 Å². The predicted octanol–water partition coefficient (Wildman–Crippen LogP) is 2.81. The van der Waals surface area contributed by atoms with Gasteiger partial charge in [-0.25, -0.2) is 4.98 Å². The van der Waals surface area contributed by atoms with Crippen molar-refractivity contribution in [2.45, 2.75) is 19.5 Å². The van der Waals surface area contributed by atoms with Crippen LogP contribution in [-0.2, 0) is 13.1 Å². The van der Waals surface area contributed by atoms with Gasteiger partial charge in [-0.15, -0.1) is 0 Å². The Balaban J connectivity index is 1.18. The average Bonchev–Trinajstić information content (AvgIpc) is 3.15. The molecule has 0 aliphatic carbocycles. The topological polar surface area (TPSA) is 67.9 Å². The summed E-state index contributed by atoms with van der Waals surface area (Å²) in [7, 11) is 1.70. The average molecular weight is 489 g/mol. The number of hydrogen-bond donors (Lipinski definition) is 1. The van der Waals surface area contributed by atoms with E-state index in [-0.39, 0.29) is 5.56 Å². The summed E-state index contributed by atoms with van der Waals surface area (Å²) in [6.07, 6.45) is 1.03. The van der Waals surface area contributed by atoms with Gasteiger partial charge in [-0.2, -0.15) is 0 Å². The number of ether oxygens (including phenoxy) is 1. The summed E-state index contributed by atoms with van der Waals surface area (Å²) >= 11 is 0. The van der Waals surface area contributed by atoms with E-state index in [0.717, 1.165) is 76.8 Å². The molecule has 0 amide bonds. The van der Waals surface area contributed by atoms with E-state index in [1.54, 1.807) is 13.2 Å². The molecule has 0 radical (unpaired) electrons. The fraction of sp³-hybridized carbons (Fsp3) is 0.429. The molecular weight excluding hydrogens is 452 g/mol. The van der Waals surface area contributed by atoms with Gasteiger partial charge in [0.15, 0.2) is 0 Å². The highest BCUT2D eigenvalue weighted by molar-refractivity contribution is 5.46. The zero-order valence-electron chi connectivity index (χ0n) is 21.1. The normalized spacial score (nSPS) is 17.7. The van der Waals surface area contributed by atoms with E-state index < -0.39 is 0 Å². The molecule has 36 heavy (non-hydrogen) atoms. The number of rotatable bonds is 7. The number of hydrogen-bond acceptors (Lipinski definition) is 7. The third-order valence-electron chi connectivity index (χ3n) is 7.09. The highest BCUT2D eigenvalue weighted by Crippen LogP contribution is 2.18. The molecule has 1 aromatic heterocycles. The number of H-pyrrole nitrogens is 1. The van der Waals surface area contributed by atoms with E-state index in [1.165, 1.54) is 11.3 Å². The minimum Gasteiger partial charge on any atom is -0.497 e. The van der Waals surface area contributed by atoms with Crippen molar-refractivity contribution >= 4 is 11.6 Å². The van der Waals surface area contributed by atoms with Crippen LogP contribution < -0.4 is 20.1 Å². The maximum absolute atomic E-state index is 12.5. The van der Waals surface area contributed by atoms with Gasteiger partial charge in [-0.3, -0.25) is 19.6 Å². The van der Waals surface area contributed by atoms with Crippen molar-refractivity contribution in [3.8, 4) is 5.75 Å². The highest BCUT2D eigenvalue weighted by atomic mass is 16.5. The SMILES string of the molecule is COc1cccc(CN2CCCN(c3nc(CN4CCN(c5ccccc5)CC4)cc(=O)[nH]3)CC2)c1. The van der Waals surface area contributed by atoms with Crippen LogP contribution in [0.2, 0.25) is 0 Å². The minimum atomic E-state index is -0.0737. The first-order chi connectivity index (χ1) is 17.7. The summed E-state index contributed by atoms with van der Waals surface area (Å²) < 4.78 is 5.37. The lowest BCUT2D eigenvalue weighted by Crippen LogP contribution is -2.46. The number of aromatic nitrogens is 2. The maximum atomic E-state index is 12.5. The van der Waals surface area contributed by atoms with E-state index in [9.17, 15) is 4.79 Å². The molecule has 0 atom stereocenters. The van der Waals surface area contributed by atoms with Gasteiger partial charge in [-0.1, -0.05) is 30.3 Å². The molecule has 3 heterocycles. The van der Waals surface area contributed by atoms with Crippen LogP contribution in [0.3, 0.4) is 0 Å². The molecule has 8 nitrogen and oxygen atoms in total. The number of nitrogens with one attached hydrogen (secondary N) is 1. The molecule has 2 saturated heterocycles. The van der Waals surface area contributed by atoms with Gasteiger partial charge in [0, 0.05) is 77.2 Å². The predicted molar refractivity (Wildman–Crippen MR) is 144 cm³/mol. The van der Waals surface area contributed by atoms with Gasteiger partial charge in [0.05, 0.1) is 12.8 Å². The molecule has 0 bridgehead atoms. The van der Waals surface area contributed by atoms with Gasteiger partial charge >= 0.3 is 0 Å². The second kappa shape index (κ2) is 11.6. The van der Waals surface area contributed by atoms with Crippen LogP contribution >= 0.6 is 0 Å². The third kappa shape index (κ3) is 6.25. The monoisotopic (exact) mass is 488 g/mol. The number of methoxy groups -OCH3 is 1. The van der Waals surface area contributed by atoms with E-state index in [2.05, 4.69) is 67.0 Å². The molecule has 2 aromatic carbocycles. The Morgan fingerprint density at radius 2 is 1.56 bits per heavy atom. The van der Waals surface area contributed by atoms with Gasteiger partial charge in [0.2, 0.25) is 5.95 Å². The Morgan fingerprint density at radius 3 is 2.33 bits per heavy atom. The molecule has 3 aromatic rings. The zero-order chi connectivity index (χ0) is 24.7. The number of para-hydroxylation sites is 1. The Kier molecular flexibility index (Phi) is 7.83. The van der Waals surface area contributed by atoms with Gasteiger partial charge < -0.3 is 14.5 Å². The van der Waals surface area contributed by atoms with Crippen LogP contribution in [0.5, 0.6) is 5.75 Å². The van der Waals surface area contributed by atoms with Crippen molar-refractivity contribution in [3.63, 3.8) is 0 Å². The Bertz CT molecular complexity index is 1180. The van der Waals surface area contributed by atoms with Crippen molar-refractivity contribution in [3.05, 3.63) is 82.3 Å². The number of piperazine rings is 1. The van der Waals surface area contributed by atoms with Crippen LogP contribution in [0.25, 0.3) is 0 Å². The number of nitrogens with zero attached hydrogens (tertiary/aromatic N) is 5. The van der Waals surface area contributed by atoms with E-state index in [1.807, 2.05) is 12.1 Å². The number of aromatic amines is 1. The number of benzene rings is 2. The second-order valence-corrected chi connectivity index (χ2v) is 9.63. The fourth-order valence-electron chi connectivity index (χ4n) is 5.13. The van der Waals surface area contributed by atoms with Gasteiger partial charge in [0.25, 0.3) is 5.56 Å². The molecule has 5 rings (SSSR count). The van der Waals surface area contributed by atoms with Crippen LogP contribution in [0.4, 0.5) is 11.6 Å². The van der Waals surface area contributed by atoms with Crippen LogP contribution in [0.15, 0.2) is 65.5 Å². The molecular formula is C28H36N6O2. The van der Waals surface area contributed by atoms with Crippen LogP contribution in [0.1, 0.15) is 17.7 Å². The van der Waals surface area contributed by atoms with Crippen LogP contribution in [-0.4, -0.2) is 79.2 Å². The highest BCUT2D eigenvalue weighted by Gasteiger charge is 2.20. The lowest BCUT2D eigenvalue weighted by atomic mass is 10.2. The van der Waals surface area contributed by atoms with Crippen molar-refractivity contribution in [1.82, 2.24) is 19.8 Å². The maximum Gasteiger partial charge on any atom is 0.252 e. The van der Waals surface area contributed by atoms with Crippen molar-refractivity contribution in [2.24, 2.45) is 0 Å². The van der Waals surface area contributed by atoms with Crippen molar-refractivity contribution < 1.29 is 4.74 Å². The summed E-state index contributed by atoms with van der Waals surface area (Å²) in [6, 6.07) is 20.5. The second-order valence-electron chi connectivity index (χ2n) is 9.63. The minimum absolute atomic E-state index is 0.0737. The van der Waals surface area contributed by atoms with Gasteiger partial charge in [-0.05, 0) is 36.2 Å². The molecule has 2 aliphatic rings. The quantitative estimate of drug-likeness (QED) is 0.549. The molecule has 190 valence electrons. The lowest BCUT2D eigenvalue weighted by Gasteiger charge is -2.36. The smallest absolute Gasteiger partial charge is 0.252 e. The third-order valence-corrected chi connectivity index (χ3v) is 7.09. The first-order valence-corrected chi connectivity index (χ1v) is 12.9. The van der Waals surface area contributed by atoms with Crippen molar-refractivity contribution in [2.75, 3.05) is 69.3 Å². The summed E-state index contributed by atoms with van der Waals surface area (Å²) in [6.45, 7) is 9.14. The number of anilines is 2. The molecule has 0 spiro atoms. The Labute approximate surface area is 213 Å².